The lowest BCUT2D eigenvalue weighted by Gasteiger charge is -2.22. The zero-order chi connectivity index (χ0) is 12.6. The Morgan fingerprint density at radius 1 is 1.11 bits per heavy atom. The molecule has 0 saturated carbocycles. The third-order valence-corrected chi connectivity index (χ3v) is 3.26. The number of hydrogen-bond donors (Lipinski definition) is 1. The summed E-state index contributed by atoms with van der Waals surface area (Å²) in [6.07, 6.45) is 3.60. The largest absolute Gasteiger partial charge is 0.494 e. The van der Waals surface area contributed by atoms with Gasteiger partial charge in [-0.15, -0.1) is 0 Å². The van der Waals surface area contributed by atoms with Crippen LogP contribution in [0.1, 0.15) is 19.3 Å². The van der Waals surface area contributed by atoms with Crippen molar-refractivity contribution in [3.8, 4) is 5.75 Å². The van der Waals surface area contributed by atoms with E-state index in [0.717, 1.165) is 49.7 Å². The smallest absolute Gasteiger partial charge is 0.119 e. The lowest BCUT2D eigenvalue weighted by Crippen LogP contribution is -2.32. The molecule has 0 aliphatic carbocycles. The summed E-state index contributed by atoms with van der Waals surface area (Å²) in [6, 6.07) is 7.44. The topological polar surface area (TPSA) is 30.5 Å². The number of nitrogens with one attached hydrogen (secondary N) is 1. The predicted octanol–water partition coefficient (Wildman–Crippen LogP) is 2.88. The van der Waals surface area contributed by atoms with E-state index in [0.29, 0.717) is 12.7 Å². The van der Waals surface area contributed by atoms with Crippen molar-refractivity contribution in [2.24, 2.45) is 0 Å². The maximum atomic E-state index is 5.80. The molecule has 1 fully saturated rings. The second-order valence-electron chi connectivity index (χ2n) is 4.48. The Bertz CT molecular complexity index is 336. The predicted molar refractivity (Wildman–Crippen MR) is 73.4 cm³/mol. The Labute approximate surface area is 113 Å². The molecule has 4 heteroatoms. The van der Waals surface area contributed by atoms with Crippen molar-refractivity contribution in [1.29, 1.82) is 0 Å². The molecule has 100 valence electrons. The van der Waals surface area contributed by atoms with Gasteiger partial charge in [-0.3, -0.25) is 0 Å². The van der Waals surface area contributed by atoms with Gasteiger partial charge in [0.1, 0.15) is 5.75 Å². The van der Waals surface area contributed by atoms with E-state index in [9.17, 15) is 0 Å². The number of halogens is 1. The maximum absolute atomic E-state index is 5.80. The molecule has 0 amide bonds. The van der Waals surface area contributed by atoms with Gasteiger partial charge in [0.15, 0.2) is 0 Å². The van der Waals surface area contributed by atoms with Crippen LogP contribution in [-0.2, 0) is 4.74 Å². The second-order valence-corrected chi connectivity index (χ2v) is 4.91. The summed E-state index contributed by atoms with van der Waals surface area (Å²) in [5, 5.41) is 4.06. The van der Waals surface area contributed by atoms with E-state index in [1.165, 1.54) is 0 Å². The fourth-order valence-electron chi connectivity index (χ4n) is 1.99. The Morgan fingerprint density at radius 3 is 2.56 bits per heavy atom. The molecule has 1 saturated heterocycles. The average Bonchev–Trinajstić information content (AvgIpc) is 2.42. The normalized spacial score (nSPS) is 16.7. The van der Waals surface area contributed by atoms with Crippen molar-refractivity contribution in [3.63, 3.8) is 0 Å². The summed E-state index contributed by atoms with van der Waals surface area (Å²) in [7, 11) is 0. The number of benzene rings is 1. The van der Waals surface area contributed by atoms with Crippen molar-refractivity contribution in [2.75, 3.05) is 26.3 Å². The average molecular weight is 270 g/mol. The third kappa shape index (κ3) is 4.84. The molecule has 2 rings (SSSR count). The summed E-state index contributed by atoms with van der Waals surface area (Å²) in [4.78, 5) is 0. The van der Waals surface area contributed by atoms with Crippen molar-refractivity contribution in [3.05, 3.63) is 29.3 Å². The molecule has 1 aromatic carbocycles. The van der Waals surface area contributed by atoms with Crippen LogP contribution in [0.4, 0.5) is 0 Å². The van der Waals surface area contributed by atoms with Crippen LogP contribution in [0.2, 0.25) is 5.02 Å². The van der Waals surface area contributed by atoms with E-state index in [-0.39, 0.29) is 0 Å². The molecule has 0 unspecified atom stereocenters. The number of rotatable bonds is 6. The fraction of sp³-hybridized carbons (Fsp3) is 0.571. The number of hydrogen-bond acceptors (Lipinski definition) is 3. The molecule has 1 heterocycles. The van der Waals surface area contributed by atoms with Gasteiger partial charge >= 0.3 is 0 Å². The minimum atomic E-state index is 0.432. The highest BCUT2D eigenvalue weighted by molar-refractivity contribution is 6.30. The van der Waals surface area contributed by atoms with Crippen LogP contribution in [0.3, 0.4) is 0 Å². The molecular weight excluding hydrogens is 250 g/mol. The van der Waals surface area contributed by atoms with Gasteiger partial charge in [0.25, 0.3) is 0 Å². The summed E-state index contributed by atoms with van der Waals surface area (Å²) >= 11 is 5.80. The van der Waals surface area contributed by atoms with Crippen molar-refractivity contribution < 1.29 is 9.47 Å². The molecule has 1 aliphatic heterocycles. The Hall–Kier alpha value is -0.770. The third-order valence-electron chi connectivity index (χ3n) is 3.01. The minimum absolute atomic E-state index is 0.432. The summed E-state index contributed by atoms with van der Waals surface area (Å²) in [6.45, 7) is 3.61. The van der Waals surface area contributed by atoms with E-state index in [2.05, 4.69) is 5.32 Å². The van der Waals surface area contributed by atoms with E-state index in [4.69, 9.17) is 21.1 Å². The lowest BCUT2D eigenvalue weighted by molar-refractivity contribution is 0.0269. The van der Waals surface area contributed by atoms with Crippen molar-refractivity contribution >= 4 is 11.6 Å². The van der Waals surface area contributed by atoms with Crippen LogP contribution >= 0.6 is 11.6 Å². The molecule has 1 N–H and O–H groups in total. The second kappa shape index (κ2) is 7.62. The molecule has 0 atom stereocenters. The molecule has 18 heavy (non-hydrogen) atoms. The SMILES string of the molecule is Clc1ccc(OCCCOC2CCNCC2)cc1. The highest BCUT2D eigenvalue weighted by Gasteiger charge is 2.12. The molecule has 0 spiro atoms. The first-order valence-electron chi connectivity index (χ1n) is 6.55. The molecule has 0 aromatic heterocycles. The zero-order valence-electron chi connectivity index (χ0n) is 10.5. The van der Waals surface area contributed by atoms with E-state index in [1.54, 1.807) is 0 Å². The first kappa shape index (κ1) is 13.7. The lowest BCUT2D eigenvalue weighted by atomic mass is 10.1. The van der Waals surface area contributed by atoms with E-state index < -0.39 is 0 Å². The van der Waals surface area contributed by atoms with Gasteiger partial charge in [-0.05, 0) is 50.2 Å². The van der Waals surface area contributed by atoms with Gasteiger partial charge in [-0.1, -0.05) is 11.6 Å². The van der Waals surface area contributed by atoms with Crippen molar-refractivity contribution in [2.45, 2.75) is 25.4 Å². The van der Waals surface area contributed by atoms with Gasteiger partial charge in [-0.2, -0.15) is 0 Å². The highest BCUT2D eigenvalue weighted by Crippen LogP contribution is 2.15. The Balaban J connectivity index is 1.54. The van der Waals surface area contributed by atoms with Crippen LogP contribution in [0, 0.1) is 0 Å². The fourth-order valence-corrected chi connectivity index (χ4v) is 2.12. The van der Waals surface area contributed by atoms with Gasteiger partial charge in [0.2, 0.25) is 0 Å². The first-order chi connectivity index (χ1) is 8.84. The Kier molecular flexibility index (Phi) is 5.78. The highest BCUT2D eigenvalue weighted by atomic mass is 35.5. The molecule has 0 radical (unpaired) electrons. The molecule has 1 aromatic rings. The molecular formula is C14H20ClNO2. The molecule has 1 aliphatic rings. The number of piperidine rings is 1. The maximum Gasteiger partial charge on any atom is 0.119 e. The summed E-state index contributed by atoms with van der Waals surface area (Å²) < 4.78 is 11.4. The Morgan fingerprint density at radius 2 is 1.83 bits per heavy atom. The van der Waals surface area contributed by atoms with Crippen LogP contribution < -0.4 is 10.1 Å². The number of ether oxygens (including phenoxy) is 2. The van der Waals surface area contributed by atoms with Crippen molar-refractivity contribution in [1.82, 2.24) is 5.32 Å². The van der Waals surface area contributed by atoms with E-state index >= 15 is 0 Å². The quantitative estimate of drug-likeness (QED) is 0.806. The molecule has 0 bridgehead atoms. The first-order valence-corrected chi connectivity index (χ1v) is 6.93. The van der Waals surface area contributed by atoms with Crippen LogP contribution in [-0.4, -0.2) is 32.4 Å². The van der Waals surface area contributed by atoms with Gasteiger partial charge in [-0.25, -0.2) is 0 Å². The van der Waals surface area contributed by atoms with Gasteiger partial charge in [0.05, 0.1) is 19.3 Å². The van der Waals surface area contributed by atoms with Crippen LogP contribution in [0.15, 0.2) is 24.3 Å². The summed E-state index contributed by atoms with van der Waals surface area (Å²) in [5.74, 6) is 0.862. The van der Waals surface area contributed by atoms with Gasteiger partial charge in [0, 0.05) is 11.4 Å². The zero-order valence-corrected chi connectivity index (χ0v) is 11.3. The molecule has 3 nitrogen and oxygen atoms in total. The van der Waals surface area contributed by atoms with Crippen LogP contribution in [0.25, 0.3) is 0 Å². The van der Waals surface area contributed by atoms with E-state index in [1.807, 2.05) is 24.3 Å². The van der Waals surface area contributed by atoms with Crippen LogP contribution in [0.5, 0.6) is 5.75 Å². The minimum Gasteiger partial charge on any atom is -0.494 e. The monoisotopic (exact) mass is 269 g/mol. The standard InChI is InChI=1S/C14H20ClNO2/c15-12-2-4-13(5-3-12)17-10-1-11-18-14-6-8-16-9-7-14/h2-5,14,16H,1,6-11H2. The summed E-state index contributed by atoms with van der Waals surface area (Å²) in [5.41, 5.74) is 0. The van der Waals surface area contributed by atoms with Gasteiger partial charge < -0.3 is 14.8 Å².